The van der Waals surface area contributed by atoms with Gasteiger partial charge in [0.2, 0.25) is 5.91 Å². The normalized spacial score (nSPS) is 58.0. The molecule has 0 heterocycles. The minimum atomic E-state index is 0.259. The summed E-state index contributed by atoms with van der Waals surface area (Å²) in [7, 11) is 0. The zero-order valence-corrected chi connectivity index (χ0v) is 12.0. The van der Waals surface area contributed by atoms with E-state index < -0.39 is 0 Å². The van der Waals surface area contributed by atoms with Crippen LogP contribution in [0.3, 0.4) is 0 Å². The van der Waals surface area contributed by atoms with Gasteiger partial charge in [0.25, 0.3) is 0 Å². The number of rotatable bonds is 3. The number of aliphatic hydroxyl groups is 1. The Balaban J connectivity index is 1.28. The van der Waals surface area contributed by atoms with E-state index in [2.05, 4.69) is 5.32 Å². The summed E-state index contributed by atoms with van der Waals surface area (Å²) in [6, 6.07) is 0.283. The lowest BCUT2D eigenvalue weighted by Crippen LogP contribution is -2.46. The standard InChI is InChI=1S/C17H25NO2/c19-7-12-8-1-4-11(5-8)16(12)18-17(20)15-13-9-2-3-10(6-9)14(13)15/h8-16,19H,1-7H2,(H,18,20). The molecule has 0 spiro atoms. The van der Waals surface area contributed by atoms with Gasteiger partial charge in [0.1, 0.15) is 0 Å². The number of carbonyl (C=O) groups is 1. The van der Waals surface area contributed by atoms with Gasteiger partial charge in [-0.2, -0.15) is 0 Å². The first-order valence-corrected chi connectivity index (χ1v) is 8.69. The van der Waals surface area contributed by atoms with Crippen molar-refractivity contribution in [2.24, 2.45) is 47.3 Å². The van der Waals surface area contributed by atoms with Crippen molar-refractivity contribution in [1.29, 1.82) is 0 Å². The summed E-state index contributed by atoms with van der Waals surface area (Å²) in [4.78, 5) is 12.6. The van der Waals surface area contributed by atoms with Crippen LogP contribution in [0, 0.1) is 47.3 Å². The molecule has 5 aliphatic rings. The second kappa shape index (κ2) is 4.00. The van der Waals surface area contributed by atoms with Crippen molar-refractivity contribution in [2.45, 2.75) is 44.6 Å². The van der Waals surface area contributed by atoms with Gasteiger partial charge in [-0.15, -0.1) is 0 Å². The van der Waals surface area contributed by atoms with E-state index in [4.69, 9.17) is 0 Å². The molecule has 3 heteroatoms. The Kier molecular flexibility index (Phi) is 2.40. The van der Waals surface area contributed by atoms with E-state index in [9.17, 15) is 9.90 Å². The van der Waals surface area contributed by atoms with Crippen molar-refractivity contribution < 1.29 is 9.90 Å². The molecular formula is C17H25NO2. The molecule has 0 aromatic carbocycles. The Bertz CT molecular complexity index is 434. The number of aliphatic hydroxyl groups excluding tert-OH is 1. The second-order valence-corrected chi connectivity index (χ2v) is 8.23. The Morgan fingerprint density at radius 1 is 0.950 bits per heavy atom. The fourth-order valence-corrected chi connectivity index (χ4v) is 6.83. The molecule has 4 bridgehead atoms. The van der Waals surface area contributed by atoms with E-state index in [1.165, 1.54) is 38.5 Å². The first-order valence-electron chi connectivity index (χ1n) is 8.69. The maximum Gasteiger partial charge on any atom is 0.223 e. The number of hydrogen-bond acceptors (Lipinski definition) is 2. The van der Waals surface area contributed by atoms with Crippen LogP contribution in [-0.4, -0.2) is 23.7 Å². The van der Waals surface area contributed by atoms with Crippen molar-refractivity contribution >= 4 is 5.91 Å². The summed E-state index contributed by atoms with van der Waals surface area (Å²) in [5, 5.41) is 13.0. The average molecular weight is 275 g/mol. The molecule has 5 aliphatic carbocycles. The molecule has 5 saturated carbocycles. The SMILES string of the molecule is O=C(NC1C2CCC(C2)C1CO)C1C2C3CCC(C3)C12. The van der Waals surface area contributed by atoms with Gasteiger partial charge in [-0.1, -0.05) is 0 Å². The molecule has 20 heavy (non-hydrogen) atoms. The van der Waals surface area contributed by atoms with Crippen LogP contribution >= 0.6 is 0 Å². The first-order chi connectivity index (χ1) is 9.78. The average Bonchev–Trinajstić information content (AvgIpc) is 2.91. The van der Waals surface area contributed by atoms with Crippen molar-refractivity contribution in [3.8, 4) is 0 Å². The summed E-state index contributed by atoms with van der Waals surface area (Å²) in [5.74, 6) is 5.56. The highest BCUT2D eigenvalue weighted by Crippen LogP contribution is 2.69. The van der Waals surface area contributed by atoms with Crippen molar-refractivity contribution in [2.75, 3.05) is 6.61 Å². The van der Waals surface area contributed by atoms with Crippen LogP contribution in [0.15, 0.2) is 0 Å². The van der Waals surface area contributed by atoms with Crippen LogP contribution in [0.4, 0.5) is 0 Å². The van der Waals surface area contributed by atoms with Crippen LogP contribution in [0.1, 0.15) is 38.5 Å². The molecule has 3 nitrogen and oxygen atoms in total. The molecule has 0 aromatic rings. The molecule has 8 unspecified atom stereocenters. The lowest BCUT2D eigenvalue weighted by molar-refractivity contribution is -0.124. The number of hydrogen-bond donors (Lipinski definition) is 2. The smallest absolute Gasteiger partial charge is 0.223 e. The van der Waals surface area contributed by atoms with Gasteiger partial charge in [0.05, 0.1) is 0 Å². The number of nitrogens with one attached hydrogen (secondary N) is 1. The Morgan fingerprint density at radius 3 is 2.25 bits per heavy atom. The van der Waals surface area contributed by atoms with Crippen LogP contribution in [0.5, 0.6) is 0 Å². The summed E-state index contributed by atoms with van der Waals surface area (Å²) in [6.45, 7) is 0.259. The molecule has 5 rings (SSSR count). The van der Waals surface area contributed by atoms with E-state index in [1.54, 1.807) is 0 Å². The number of fused-ring (bicyclic) bond motifs is 7. The molecule has 0 saturated heterocycles. The molecule has 0 aromatic heterocycles. The molecule has 1 amide bonds. The highest BCUT2D eigenvalue weighted by molar-refractivity contribution is 5.83. The van der Waals surface area contributed by atoms with Gasteiger partial charge in [-0.25, -0.2) is 0 Å². The van der Waals surface area contributed by atoms with E-state index in [0.717, 1.165) is 23.7 Å². The van der Waals surface area contributed by atoms with Crippen molar-refractivity contribution in [3.05, 3.63) is 0 Å². The maximum atomic E-state index is 12.6. The lowest BCUT2D eigenvalue weighted by atomic mass is 9.85. The van der Waals surface area contributed by atoms with E-state index >= 15 is 0 Å². The fraction of sp³-hybridized carbons (Fsp3) is 0.941. The quantitative estimate of drug-likeness (QED) is 0.825. The van der Waals surface area contributed by atoms with Crippen molar-refractivity contribution in [3.63, 3.8) is 0 Å². The van der Waals surface area contributed by atoms with Crippen molar-refractivity contribution in [1.82, 2.24) is 5.32 Å². The molecule has 110 valence electrons. The van der Waals surface area contributed by atoms with Gasteiger partial charge in [-0.3, -0.25) is 4.79 Å². The topological polar surface area (TPSA) is 49.3 Å². The monoisotopic (exact) mass is 275 g/mol. The largest absolute Gasteiger partial charge is 0.396 e. The molecule has 8 atom stereocenters. The van der Waals surface area contributed by atoms with Gasteiger partial charge < -0.3 is 10.4 Å². The van der Waals surface area contributed by atoms with E-state index in [-0.39, 0.29) is 12.6 Å². The number of carbonyl (C=O) groups excluding carboxylic acids is 1. The van der Waals surface area contributed by atoms with Gasteiger partial charge in [-0.05, 0) is 74.0 Å². The molecular weight excluding hydrogens is 250 g/mol. The minimum absolute atomic E-state index is 0.259. The van der Waals surface area contributed by atoms with Crippen LogP contribution in [-0.2, 0) is 4.79 Å². The summed E-state index contributed by atoms with van der Waals surface area (Å²) < 4.78 is 0. The maximum absolute atomic E-state index is 12.6. The predicted molar refractivity (Wildman–Crippen MR) is 74.6 cm³/mol. The highest BCUT2D eigenvalue weighted by Gasteiger charge is 2.67. The molecule has 5 fully saturated rings. The highest BCUT2D eigenvalue weighted by atomic mass is 16.3. The summed E-state index contributed by atoms with van der Waals surface area (Å²) in [5.41, 5.74) is 0. The Morgan fingerprint density at radius 2 is 1.55 bits per heavy atom. The molecule has 0 aliphatic heterocycles. The number of amides is 1. The minimum Gasteiger partial charge on any atom is -0.396 e. The zero-order chi connectivity index (χ0) is 13.4. The van der Waals surface area contributed by atoms with Crippen LogP contribution < -0.4 is 5.32 Å². The van der Waals surface area contributed by atoms with E-state index in [0.29, 0.717) is 29.6 Å². The van der Waals surface area contributed by atoms with Gasteiger partial charge in [0, 0.05) is 24.5 Å². The first kappa shape index (κ1) is 12.0. The summed E-state index contributed by atoms with van der Waals surface area (Å²) >= 11 is 0. The van der Waals surface area contributed by atoms with Gasteiger partial charge >= 0.3 is 0 Å². The van der Waals surface area contributed by atoms with Gasteiger partial charge in [0.15, 0.2) is 0 Å². The van der Waals surface area contributed by atoms with Crippen LogP contribution in [0.2, 0.25) is 0 Å². The molecule has 2 N–H and O–H groups in total. The zero-order valence-electron chi connectivity index (χ0n) is 12.0. The lowest BCUT2D eigenvalue weighted by Gasteiger charge is -2.30. The van der Waals surface area contributed by atoms with E-state index in [1.807, 2.05) is 0 Å². The predicted octanol–water partition coefficient (Wildman–Crippen LogP) is 1.80. The third kappa shape index (κ3) is 1.43. The summed E-state index contributed by atoms with van der Waals surface area (Å²) in [6.07, 6.45) is 7.92. The third-order valence-corrected chi connectivity index (χ3v) is 7.65. The molecule has 0 radical (unpaired) electrons. The Hall–Kier alpha value is -0.570. The third-order valence-electron chi connectivity index (χ3n) is 7.65. The van der Waals surface area contributed by atoms with Crippen LogP contribution in [0.25, 0.3) is 0 Å². The second-order valence-electron chi connectivity index (χ2n) is 8.23. The fourth-order valence-electron chi connectivity index (χ4n) is 6.83. The Labute approximate surface area is 120 Å².